The fraction of sp³-hybridized carbons (Fsp3) is 0.273. The van der Waals surface area contributed by atoms with Crippen molar-refractivity contribution in [1.82, 2.24) is 5.32 Å². The van der Waals surface area contributed by atoms with Crippen molar-refractivity contribution in [2.45, 2.75) is 19.5 Å². The highest BCUT2D eigenvalue weighted by molar-refractivity contribution is 5.72. The third-order valence-corrected chi connectivity index (χ3v) is 2.17. The zero-order chi connectivity index (χ0) is 12.1. The number of carboxylic acids is 1. The molecular formula is C11H11FN2O2. The lowest BCUT2D eigenvalue weighted by Crippen LogP contribution is -2.33. The monoisotopic (exact) mass is 222 g/mol. The fourth-order valence-corrected chi connectivity index (χ4v) is 1.15. The van der Waals surface area contributed by atoms with Gasteiger partial charge in [0, 0.05) is 12.1 Å². The minimum absolute atomic E-state index is 0.0396. The molecule has 0 heterocycles. The number of carbonyl (C=O) groups is 1. The number of hydrogen-bond acceptors (Lipinski definition) is 3. The zero-order valence-electron chi connectivity index (χ0n) is 8.70. The molecular weight excluding hydrogens is 211 g/mol. The molecule has 1 aromatic rings. The van der Waals surface area contributed by atoms with Gasteiger partial charge < -0.3 is 10.4 Å². The Kier molecular flexibility index (Phi) is 3.97. The molecule has 0 amide bonds. The lowest BCUT2D eigenvalue weighted by atomic mass is 10.1. The van der Waals surface area contributed by atoms with Gasteiger partial charge in [0.15, 0.2) is 0 Å². The average Bonchev–Trinajstić information content (AvgIpc) is 2.27. The van der Waals surface area contributed by atoms with Gasteiger partial charge in [-0.1, -0.05) is 12.1 Å². The molecule has 2 N–H and O–H groups in total. The van der Waals surface area contributed by atoms with E-state index in [2.05, 4.69) is 5.32 Å². The highest BCUT2D eigenvalue weighted by atomic mass is 19.1. The van der Waals surface area contributed by atoms with Crippen molar-refractivity contribution in [2.75, 3.05) is 0 Å². The van der Waals surface area contributed by atoms with Crippen LogP contribution in [0.2, 0.25) is 0 Å². The van der Waals surface area contributed by atoms with Gasteiger partial charge in [-0.25, -0.2) is 4.39 Å². The summed E-state index contributed by atoms with van der Waals surface area (Å²) >= 11 is 0. The summed E-state index contributed by atoms with van der Waals surface area (Å²) in [5.41, 5.74) is 0.245. The first-order chi connectivity index (χ1) is 7.56. The van der Waals surface area contributed by atoms with Gasteiger partial charge in [0.25, 0.3) is 0 Å². The molecule has 0 aliphatic carbocycles. The molecule has 5 heteroatoms. The van der Waals surface area contributed by atoms with E-state index in [0.29, 0.717) is 0 Å². The maximum Gasteiger partial charge on any atom is 0.320 e. The Morgan fingerprint density at radius 1 is 1.69 bits per heavy atom. The van der Waals surface area contributed by atoms with Gasteiger partial charge in [-0.2, -0.15) is 5.26 Å². The summed E-state index contributed by atoms with van der Waals surface area (Å²) in [5, 5.41) is 19.9. The van der Waals surface area contributed by atoms with E-state index in [1.165, 1.54) is 19.1 Å². The Bertz CT molecular complexity index is 440. The summed E-state index contributed by atoms with van der Waals surface area (Å²) in [6.07, 6.45) is 0. The topological polar surface area (TPSA) is 73.1 Å². The number of rotatable bonds is 4. The van der Waals surface area contributed by atoms with Crippen LogP contribution in [0, 0.1) is 17.1 Å². The number of carboxylic acid groups (broad SMARTS) is 1. The molecule has 1 atom stereocenters. The molecule has 0 saturated carbocycles. The lowest BCUT2D eigenvalue weighted by Gasteiger charge is -2.09. The van der Waals surface area contributed by atoms with Gasteiger partial charge >= 0.3 is 5.97 Å². The molecule has 4 nitrogen and oxygen atoms in total. The molecule has 16 heavy (non-hydrogen) atoms. The average molecular weight is 222 g/mol. The van der Waals surface area contributed by atoms with Gasteiger partial charge in [-0.3, -0.25) is 4.79 Å². The minimum Gasteiger partial charge on any atom is -0.480 e. The Hall–Kier alpha value is -1.93. The second-order valence-electron chi connectivity index (χ2n) is 3.33. The second kappa shape index (κ2) is 5.24. The maximum absolute atomic E-state index is 13.5. The molecule has 0 saturated heterocycles. The standard InChI is InChI=1S/C11H11FN2O2/c1-7(11(15)16)14-6-9-4-2-3-8(5-13)10(9)12/h2-4,7,14H,6H2,1H3,(H,15,16). The van der Waals surface area contributed by atoms with Crippen molar-refractivity contribution >= 4 is 5.97 Å². The van der Waals surface area contributed by atoms with E-state index in [9.17, 15) is 9.18 Å². The van der Waals surface area contributed by atoms with Crippen LogP contribution in [0.25, 0.3) is 0 Å². The predicted octanol–water partition coefficient (Wildman–Crippen LogP) is 1.26. The first-order valence-electron chi connectivity index (χ1n) is 4.70. The predicted molar refractivity (Wildman–Crippen MR) is 55.1 cm³/mol. The van der Waals surface area contributed by atoms with E-state index >= 15 is 0 Å². The molecule has 1 unspecified atom stereocenters. The Morgan fingerprint density at radius 2 is 2.38 bits per heavy atom. The van der Waals surface area contributed by atoms with Crippen LogP contribution in [0.3, 0.4) is 0 Å². The number of halogens is 1. The van der Waals surface area contributed by atoms with Gasteiger partial charge in [0.05, 0.1) is 5.56 Å². The van der Waals surface area contributed by atoms with Gasteiger partial charge in [0.2, 0.25) is 0 Å². The normalized spacial score (nSPS) is 11.8. The summed E-state index contributed by atoms with van der Waals surface area (Å²) in [7, 11) is 0. The smallest absolute Gasteiger partial charge is 0.320 e. The Morgan fingerprint density at radius 3 is 2.94 bits per heavy atom. The van der Waals surface area contributed by atoms with Crippen molar-refractivity contribution < 1.29 is 14.3 Å². The minimum atomic E-state index is -1.00. The summed E-state index contributed by atoms with van der Waals surface area (Å²) in [5.74, 6) is -1.60. The molecule has 0 bridgehead atoms. The third-order valence-electron chi connectivity index (χ3n) is 2.17. The lowest BCUT2D eigenvalue weighted by molar-refractivity contribution is -0.139. The first kappa shape index (κ1) is 12.1. The maximum atomic E-state index is 13.5. The van der Waals surface area contributed by atoms with Crippen LogP contribution in [0.1, 0.15) is 18.1 Å². The number of nitrogens with one attached hydrogen (secondary N) is 1. The number of nitrogens with zero attached hydrogens (tertiary/aromatic N) is 1. The Labute approximate surface area is 92.3 Å². The molecule has 0 spiro atoms. The van der Waals surface area contributed by atoms with Crippen molar-refractivity contribution in [2.24, 2.45) is 0 Å². The number of benzene rings is 1. The van der Waals surface area contributed by atoms with Gasteiger partial charge in [-0.15, -0.1) is 0 Å². The molecule has 0 aliphatic heterocycles. The van der Waals surface area contributed by atoms with E-state index in [-0.39, 0.29) is 17.7 Å². The molecule has 0 aromatic heterocycles. The molecule has 1 rings (SSSR count). The van der Waals surface area contributed by atoms with Crippen molar-refractivity contribution in [3.05, 3.63) is 35.1 Å². The molecule has 1 aromatic carbocycles. The van der Waals surface area contributed by atoms with Crippen LogP contribution in [-0.2, 0) is 11.3 Å². The summed E-state index contributed by atoms with van der Waals surface area (Å²) in [6, 6.07) is 5.41. The number of hydrogen-bond donors (Lipinski definition) is 2. The van der Waals surface area contributed by atoms with Crippen LogP contribution in [0.4, 0.5) is 4.39 Å². The summed E-state index contributed by atoms with van der Waals surface area (Å²) in [4.78, 5) is 10.5. The summed E-state index contributed by atoms with van der Waals surface area (Å²) < 4.78 is 13.5. The van der Waals surface area contributed by atoms with E-state index in [1.54, 1.807) is 12.1 Å². The van der Waals surface area contributed by atoms with Crippen LogP contribution < -0.4 is 5.32 Å². The number of nitriles is 1. The Balaban J connectivity index is 2.76. The SMILES string of the molecule is CC(NCc1cccc(C#N)c1F)C(=O)O. The molecule has 0 radical (unpaired) electrons. The highest BCUT2D eigenvalue weighted by Crippen LogP contribution is 2.11. The van der Waals surface area contributed by atoms with Crippen molar-refractivity contribution in [3.63, 3.8) is 0 Å². The summed E-state index contributed by atoms with van der Waals surface area (Å²) in [6.45, 7) is 1.54. The first-order valence-corrected chi connectivity index (χ1v) is 4.70. The van der Waals surface area contributed by atoms with E-state index in [0.717, 1.165) is 0 Å². The third kappa shape index (κ3) is 2.78. The van der Waals surface area contributed by atoms with Crippen LogP contribution in [0.5, 0.6) is 0 Å². The fourth-order valence-electron chi connectivity index (χ4n) is 1.15. The van der Waals surface area contributed by atoms with Crippen molar-refractivity contribution in [3.8, 4) is 6.07 Å². The molecule has 0 aliphatic rings. The zero-order valence-corrected chi connectivity index (χ0v) is 8.70. The van der Waals surface area contributed by atoms with Gasteiger partial charge in [-0.05, 0) is 13.0 Å². The second-order valence-corrected chi connectivity index (χ2v) is 3.33. The highest BCUT2D eigenvalue weighted by Gasteiger charge is 2.12. The largest absolute Gasteiger partial charge is 0.480 e. The van der Waals surface area contributed by atoms with Crippen LogP contribution in [-0.4, -0.2) is 17.1 Å². The van der Waals surface area contributed by atoms with Crippen LogP contribution in [0.15, 0.2) is 18.2 Å². The van der Waals surface area contributed by atoms with Crippen molar-refractivity contribution in [1.29, 1.82) is 5.26 Å². The van der Waals surface area contributed by atoms with E-state index < -0.39 is 17.8 Å². The molecule has 0 fully saturated rings. The van der Waals surface area contributed by atoms with Crippen LogP contribution >= 0.6 is 0 Å². The van der Waals surface area contributed by atoms with Gasteiger partial charge in [0.1, 0.15) is 17.9 Å². The molecule has 84 valence electrons. The van der Waals surface area contributed by atoms with E-state index in [4.69, 9.17) is 10.4 Å². The van der Waals surface area contributed by atoms with E-state index in [1.807, 2.05) is 0 Å². The quantitative estimate of drug-likeness (QED) is 0.804. The number of aliphatic carboxylic acids is 1.